The Morgan fingerprint density at radius 3 is 2.61 bits per heavy atom. The van der Waals surface area contributed by atoms with Crippen LogP contribution in [0.2, 0.25) is 0 Å². The van der Waals surface area contributed by atoms with E-state index in [4.69, 9.17) is 10.00 Å². The molecule has 1 amide bonds. The maximum absolute atomic E-state index is 12.0. The van der Waals surface area contributed by atoms with Crippen LogP contribution in [0.25, 0.3) is 0 Å². The highest BCUT2D eigenvalue weighted by Crippen LogP contribution is 2.12. The molecule has 0 spiro atoms. The molecule has 0 radical (unpaired) electrons. The Kier molecular flexibility index (Phi) is 4.15. The van der Waals surface area contributed by atoms with Crippen LogP contribution in [0.3, 0.4) is 0 Å². The van der Waals surface area contributed by atoms with Gasteiger partial charge in [0.2, 0.25) is 5.91 Å². The lowest BCUT2D eigenvalue weighted by atomic mass is 10.3. The predicted octanol–water partition coefficient (Wildman–Crippen LogP) is 0.833. The van der Waals surface area contributed by atoms with Gasteiger partial charge >= 0.3 is 0 Å². The molecular weight excluding hydrogens is 230 g/mol. The minimum atomic E-state index is -0.0382. The molecule has 94 valence electrons. The lowest BCUT2D eigenvalue weighted by Gasteiger charge is -2.28. The molecule has 18 heavy (non-hydrogen) atoms. The number of nitriles is 1. The number of para-hydroxylation sites is 1. The van der Waals surface area contributed by atoms with E-state index in [0.29, 0.717) is 26.3 Å². The largest absolute Gasteiger partial charge is 0.378 e. The maximum Gasteiger partial charge on any atom is 0.243 e. The van der Waals surface area contributed by atoms with Crippen molar-refractivity contribution in [3.05, 3.63) is 30.3 Å². The Morgan fingerprint density at radius 1 is 1.33 bits per heavy atom. The highest BCUT2D eigenvalue weighted by Gasteiger charge is 2.19. The van der Waals surface area contributed by atoms with Crippen molar-refractivity contribution in [3.8, 4) is 6.19 Å². The summed E-state index contributed by atoms with van der Waals surface area (Å²) in [6, 6.07) is 9.20. The molecular formula is C13H15N3O2. The van der Waals surface area contributed by atoms with E-state index in [9.17, 15) is 4.79 Å². The molecule has 1 aliphatic heterocycles. The van der Waals surface area contributed by atoms with E-state index >= 15 is 0 Å². The Bertz CT molecular complexity index is 435. The zero-order valence-electron chi connectivity index (χ0n) is 10.1. The van der Waals surface area contributed by atoms with Gasteiger partial charge in [-0.15, -0.1) is 0 Å². The molecule has 0 saturated carbocycles. The van der Waals surface area contributed by atoms with Gasteiger partial charge in [0, 0.05) is 13.1 Å². The molecule has 1 aromatic rings. The lowest BCUT2D eigenvalue weighted by molar-refractivity contribution is -0.133. The van der Waals surface area contributed by atoms with Crippen LogP contribution in [0.5, 0.6) is 0 Å². The molecule has 0 unspecified atom stereocenters. The number of morpholine rings is 1. The molecule has 5 heteroatoms. The first-order valence-electron chi connectivity index (χ1n) is 5.89. The third kappa shape index (κ3) is 2.99. The van der Waals surface area contributed by atoms with Gasteiger partial charge in [-0.25, -0.2) is 0 Å². The van der Waals surface area contributed by atoms with Crippen molar-refractivity contribution in [2.24, 2.45) is 0 Å². The van der Waals surface area contributed by atoms with E-state index in [2.05, 4.69) is 0 Å². The molecule has 1 saturated heterocycles. The molecule has 0 N–H and O–H groups in total. The van der Waals surface area contributed by atoms with Gasteiger partial charge in [-0.05, 0) is 12.1 Å². The smallest absolute Gasteiger partial charge is 0.243 e. The molecule has 0 bridgehead atoms. The summed E-state index contributed by atoms with van der Waals surface area (Å²) < 4.78 is 5.19. The lowest BCUT2D eigenvalue weighted by Crippen LogP contribution is -2.45. The third-order valence-corrected chi connectivity index (χ3v) is 2.85. The van der Waals surface area contributed by atoms with Crippen LogP contribution in [0, 0.1) is 11.5 Å². The predicted molar refractivity (Wildman–Crippen MR) is 66.8 cm³/mol. The van der Waals surface area contributed by atoms with Crippen molar-refractivity contribution < 1.29 is 9.53 Å². The van der Waals surface area contributed by atoms with E-state index in [1.165, 1.54) is 4.90 Å². The van der Waals surface area contributed by atoms with E-state index in [1.807, 2.05) is 36.5 Å². The number of hydrogen-bond acceptors (Lipinski definition) is 4. The summed E-state index contributed by atoms with van der Waals surface area (Å²) in [6.07, 6.45) is 2.04. The van der Waals surface area contributed by atoms with Crippen LogP contribution in [-0.4, -0.2) is 43.7 Å². The molecule has 1 heterocycles. The third-order valence-electron chi connectivity index (χ3n) is 2.85. The Balaban J connectivity index is 1.98. The summed E-state index contributed by atoms with van der Waals surface area (Å²) in [7, 11) is 0. The monoisotopic (exact) mass is 245 g/mol. The number of rotatable bonds is 3. The molecule has 1 aliphatic rings. The fourth-order valence-electron chi connectivity index (χ4n) is 1.84. The van der Waals surface area contributed by atoms with Crippen molar-refractivity contribution in [3.63, 3.8) is 0 Å². The van der Waals surface area contributed by atoms with Crippen molar-refractivity contribution in [2.45, 2.75) is 0 Å². The van der Waals surface area contributed by atoms with Crippen LogP contribution in [0.1, 0.15) is 0 Å². The van der Waals surface area contributed by atoms with Crippen molar-refractivity contribution in [2.75, 3.05) is 37.7 Å². The fraction of sp³-hybridized carbons (Fsp3) is 0.385. The number of amides is 1. The van der Waals surface area contributed by atoms with Crippen molar-refractivity contribution >= 4 is 11.6 Å². The van der Waals surface area contributed by atoms with Crippen LogP contribution >= 0.6 is 0 Å². The molecule has 0 aliphatic carbocycles. The van der Waals surface area contributed by atoms with Gasteiger partial charge < -0.3 is 9.64 Å². The first kappa shape index (κ1) is 12.4. The average molecular weight is 245 g/mol. The zero-order chi connectivity index (χ0) is 12.8. The minimum Gasteiger partial charge on any atom is -0.378 e. The number of anilines is 1. The Labute approximate surface area is 106 Å². The fourth-order valence-corrected chi connectivity index (χ4v) is 1.84. The molecule has 1 fully saturated rings. The summed E-state index contributed by atoms with van der Waals surface area (Å²) in [4.78, 5) is 15.2. The quantitative estimate of drug-likeness (QED) is 0.584. The minimum absolute atomic E-state index is 0.0382. The number of benzene rings is 1. The van der Waals surface area contributed by atoms with Crippen molar-refractivity contribution in [1.82, 2.24) is 4.90 Å². The van der Waals surface area contributed by atoms with Gasteiger partial charge in [0.25, 0.3) is 0 Å². The van der Waals surface area contributed by atoms with Crippen LogP contribution in [0.15, 0.2) is 30.3 Å². The van der Waals surface area contributed by atoms with Crippen LogP contribution < -0.4 is 4.90 Å². The van der Waals surface area contributed by atoms with Gasteiger partial charge in [0.1, 0.15) is 6.54 Å². The Hall–Kier alpha value is -2.06. The number of hydrogen-bond donors (Lipinski definition) is 0. The summed E-state index contributed by atoms with van der Waals surface area (Å²) in [5.41, 5.74) is 0.738. The average Bonchev–Trinajstić information content (AvgIpc) is 2.46. The topological polar surface area (TPSA) is 56.6 Å². The zero-order valence-corrected chi connectivity index (χ0v) is 10.1. The van der Waals surface area contributed by atoms with Crippen LogP contribution in [-0.2, 0) is 9.53 Å². The van der Waals surface area contributed by atoms with E-state index in [0.717, 1.165) is 5.69 Å². The number of nitrogens with zero attached hydrogens (tertiary/aromatic N) is 3. The van der Waals surface area contributed by atoms with Crippen molar-refractivity contribution in [1.29, 1.82) is 5.26 Å². The summed E-state index contributed by atoms with van der Waals surface area (Å²) >= 11 is 0. The van der Waals surface area contributed by atoms with E-state index in [1.54, 1.807) is 4.90 Å². The Morgan fingerprint density at radius 2 is 2.00 bits per heavy atom. The summed E-state index contributed by atoms with van der Waals surface area (Å²) in [5.74, 6) is -0.0382. The SMILES string of the molecule is N#CN(CC(=O)N1CCOCC1)c1ccccc1. The second-order valence-electron chi connectivity index (χ2n) is 4.01. The van der Waals surface area contributed by atoms with Crippen LogP contribution in [0.4, 0.5) is 5.69 Å². The maximum atomic E-state index is 12.0. The van der Waals surface area contributed by atoms with Gasteiger partial charge in [-0.1, -0.05) is 18.2 Å². The van der Waals surface area contributed by atoms with Gasteiger partial charge in [-0.2, -0.15) is 5.26 Å². The summed E-state index contributed by atoms with van der Waals surface area (Å²) in [6.45, 7) is 2.44. The molecule has 1 aromatic carbocycles. The van der Waals surface area contributed by atoms with Gasteiger partial charge in [0.15, 0.2) is 6.19 Å². The number of ether oxygens (including phenoxy) is 1. The highest BCUT2D eigenvalue weighted by atomic mass is 16.5. The second-order valence-corrected chi connectivity index (χ2v) is 4.01. The molecule has 5 nitrogen and oxygen atoms in total. The van der Waals surface area contributed by atoms with E-state index < -0.39 is 0 Å². The molecule has 0 atom stereocenters. The molecule has 0 aromatic heterocycles. The highest BCUT2D eigenvalue weighted by molar-refractivity contribution is 5.82. The van der Waals surface area contributed by atoms with Gasteiger partial charge in [-0.3, -0.25) is 9.69 Å². The van der Waals surface area contributed by atoms with E-state index in [-0.39, 0.29) is 12.5 Å². The number of carbonyl (C=O) groups excluding carboxylic acids is 1. The normalized spacial score (nSPS) is 14.9. The second kappa shape index (κ2) is 6.03. The first-order valence-corrected chi connectivity index (χ1v) is 5.89. The first-order chi connectivity index (χ1) is 8.81. The molecule has 2 rings (SSSR count). The summed E-state index contributed by atoms with van der Waals surface area (Å²) in [5, 5.41) is 9.11. The number of carbonyl (C=O) groups is 1. The van der Waals surface area contributed by atoms with Gasteiger partial charge in [0.05, 0.1) is 18.9 Å². The standard InChI is InChI=1S/C13H15N3O2/c14-11-16(12-4-2-1-3-5-12)10-13(17)15-6-8-18-9-7-15/h1-5H,6-10H2.